The van der Waals surface area contributed by atoms with Crippen LogP contribution in [0.15, 0.2) is 12.4 Å². The molecule has 0 aliphatic heterocycles. The molecule has 42 heavy (non-hydrogen) atoms. The van der Waals surface area contributed by atoms with Crippen molar-refractivity contribution in [3.8, 4) is 0 Å². The molecule has 1 heterocycles. The van der Waals surface area contributed by atoms with Gasteiger partial charge in [0.1, 0.15) is 12.4 Å². The number of rotatable bonds is 34. The molecule has 0 atom stereocenters. The van der Waals surface area contributed by atoms with Crippen LogP contribution in [0.3, 0.4) is 0 Å². The van der Waals surface area contributed by atoms with Crippen molar-refractivity contribution in [1.29, 1.82) is 0 Å². The number of hydrogen-bond donors (Lipinski definition) is 0. The highest BCUT2D eigenvalue weighted by Crippen LogP contribution is 2.16. The van der Waals surface area contributed by atoms with Crippen molar-refractivity contribution < 1.29 is 4.57 Å². The average molecular weight is 588 g/mol. The fraction of sp³-hybridized carbons (Fsp3) is 0.925. The summed E-state index contributed by atoms with van der Waals surface area (Å²) in [5.74, 6) is 1.59. The minimum absolute atomic E-state index is 1.18. The van der Waals surface area contributed by atoms with Gasteiger partial charge in [-0.1, -0.05) is 194 Å². The first kappa shape index (κ1) is 39.2. The molecule has 0 aliphatic carbocycles. The van der Waals surface area contributed by atoms with Crippen LogP contribution in [0.25, 0.3) is 0 Å². The lowest BCUT2D eigenvalue weighted by Crippen LogP contribution is -2.37. The lowest BCUT2D eigenvalue weighted by atomic mass is 10.0. The predicted octanol–water partition coefficient (Wildman–Crippen LogP) is 13.5. The van der Waals surface area contributed by atoms with Gasteiger partial charge in [0.15, 0.2) is 0 Å². The van der Waals surface area contributed by atoms with Gasteiger partial charge in [-0.25, -0.2) is 9.13 Å². The monoisotopic (exact) mass is 588 g/mol. The van der Waals surface area contributed by atoms with E-state index in [1.807, 2.05) is 0 Å². The normalized spacial score (nSPS) is 11.6. The average Bonchev–Trinajstić information content (AvgIpc) is 3.38. The Morgan fingerprint density at radius 2 is 0.738 bits per heavy atom. The molecule has 0 amide bonds. The van der Waals surface area contributed by atoms with Gasteiger partial charge in [-0.3, -0.25) is 0 Å². The van der Waals surface area contributed by atoms with Crippen molar-refractivity contribution in [1.82, 2.24) is 4.57 Å². The second kappa shape index (κ2) is 31.6. The Morgan fingerprint density at radius 3 is 1.10 bits per heavy atom. The van der Waals surface area contributed by atoms with Crippen molar-refractivity contribution in [3.63, 3.8) is 0 Å². The van der Waals surface area contributed by atoms with Crippen LogP contribution in [0.2, 0.25) is 0 Å². The van der Waals surface area contributed by atoms with Crippen LogP contribution < -0.4 is 4.57 Å². The van der Waals surface area contributed by atoms with Crippen LogP contribution in [-0.4, -0.2) is 4.57 Å². The van der Waals surface area contributed by atoms with Crippen LogP contribution in [0.4, 0.5) is 0 Å². The van der Waals surface area contributed by atoms with E-state index in [0.717, 1.165) is 0 Å². The third kappa shape index (κ3) is 23.6. The number of nitrogens with zero attached hydrogens (tertiary/aromatic N) is 2. The molecule has 248 valence electrons. The van der Waals surface area contributed by atoms with Gasteiger partial charge in [0.2, 0.25) is 0 Å². The first-order chi connectivity index (χ1) is 20.8. The number of aryl methyl sites for hydroxylation is 2. The highest BCUT2D eigenvalue weighted by molar-refractivity contribution is 4.84. The van der Waals surface area contributed by atoms with Gasteiger partial charge < -0.3 is 0 Å². The highest BCUT2D eigenvalue weighted by atomic mass is 15.1. The molecule has 0 spiro atoms. The summed E-state index contributed by atoms with van der Waals surface area (Å²) in [6.45, 7) is 9.34. The van der Waals surface area contributed by atoms with Crippen LogP contribution >= 0.6 is 0 Å². The standard InChI is InChI=1S/C40H79N2/c1-4-7-9-11-13-15-17-19-20-21-22-24-26-28-30-32-34-37-42-39-38-41(36-6-3)40(42)35-33-31-29-27-25-23-18-16-14-12-10-8-5-2/h38-39H,4-37H2,1-3H3/q+1. The van der Waals surface area contributed by atoms with E-state index in [2.05, 4.69) is 42.3 Å². The third-order valence-corrected chi connectivity index (χ3v) is 9.56. The van der Waals surface area contributed by atoms with Crippen molar-refractivity contribution in [3.05, 3.63) is 18.2 Å². The van der Waals surface area contributed by atoms with Gasteiger partial charge in [0, 0.05) is 6.42 Å². The molecule has 1 aromatic heterocycles. The Bertz CT molecular complexity index is 648. The zero-order valence-corrected chi connectivity index (χ0v) is 29.6. The van der Waals surface area contributed by atoms with Crippen LogP contribution in [-0.2, 0) is 19.5 Å². The Labute approximate surface area is 266 Å². The fourth-order valence-corrected chi connectivity index (χ4v) is 6.74. The van der Waals surface area contributed by atoms with Gasteiger partial charge in [-0.05, 0) is 25.7 Å². The summed E-state index contributed by atoms with van der Waals surface area (Å²) < 4.78 is 5.15. The second-order valence-corrected chi connectivity index (χ2v) is 13.8. The maximum atomic E-state index is 2.60. The largest absolute Gasteiger partial charge is 0.256 e. The van der Waals surface area contributed by atoms with Gasteiger partial charge in [0.05, 0.1) is 13.1 Å². The fourth-order valence-electron chi connectivity index (χ4n) is 6.74. The maximum Gasteiger partial charge on any atom is 0.256 e. The maximum absolute atomic E-state index is 2.60. The van der Waals surface area contributed by atoms with Crippen LogP contribution in [0.5, 0.6) is 0 Å². The molecule has 0 unspecified atom stereocenters. The van der Waals surface area contributed by atoms with E-state index in [4.69, 9.17) is 0 Å². The summed E-state index contributed by atoms with van der Waals surface area (Å²) in [6, 6.07) is 0. The van der Waals surface area contributed by atoms with E-state index in [1.54, 1.807) is 5.82 Å². The molecule has 0 aliphatic rings. The van der Waals surface area contributed by atoms with E-state index >= 15 is 0 Å². The molecule has 0 radical (unpaired) electrons. The number of aromatic nitrogens is 2. The molecule has 1 aromatic rings. The van der Waals surface area contributed by atoms with Crippen LogP contribution in [0.1, 0.15) is 226 Å². The molecule has 2 heteroatoms. The Balaban J connectivity index is 2.01. The van der Waals surface area contributed by atoms with Crippen molar-refractivity contribution in [2.75, 3.05) is 0 Å². The molecule has 0 aromatic carbocycles. The van der Waals surface area contributed by atoms with Crippen molar-refractivity contribution >= 4 is 0 Å². The summed E-state index contributed by atoms with van der Waals surface area (Å²) >= 11 is 0. The summed E-state index contributed by atoms with van der Waals surface area (Å²) in [6.07, 6.45) is 50.6. The van der Waals surface area contributed by atoms with Gasteiger partial charge in [-0.2, -0.15) is 0 Å². The SMILES string of the molecule is CCCCCCCCCCCCCCCCCCCn1cc[n+](CCC)c1CCCCCCCCCCCCCCC. The minimum atomic E-state index is 1.18. The lowest BCUT2D eigenvalue weighted by molar-refractivity contribution is -0.703. The molecule has 1 rings (SSSR count). The summed E-state index contributed by atoms with van der Waals surface area (Å²) in [7, 11) is 0. The Kier molecular flexibility index (Phi) is 29.5. The van der Waals surface area contributed by atoms with E-state index in [0.29, 0.717) is 0 Å². The number of imidazole rings is 1. The molecule has 0 N–H and O–H groups in total. The van der Waals surface area contributed by atoms with Gasteiger partial charge >= 0.3 is 0 Å². The quantitative estimate of drug-likeness (QED) is 0.0560. The topological polar surface area (TPSA) is 8.81 Å². The first-order valence-electron chi connectivity index (χ1n) is 19.9. The molecule has 0 bridgehead atoms. The highest BCUT2D eigenvalue weighted by Gasteiger charge is 2.15. The van der Waals surface area contributed by atoms with Crippen molar-refractivity contribution in [2.24, 2.45) is 0 Å². The van der Waals surface area contributed by atoms with Gasteiger partial charge in [-0.15, -0.1) is 0 Å². The molecular weight excluding hydrogens is 508 g/mol. The summed E-state index contributed by atoms with van der Waals surface area (Å²) in [5.41, 5.74) is 0. The van der Waals surface area contributed by atoms with E-state index < -0.39 is 0 Å². The van der Waals surface area contributed by atoms with E-state index in [9.17, 15) is 0 Å². The van der Waals surface area contributed by atoms with Crippen LogP contribution in [0, 0.1) is 0 Å². The second-order valence-electron chi connectivity index (χ2n) is 13.8. The predicted molar refractivity (Wildman–Crippen MR) is 188 cm³/mol. The van der Waals surface area contributed by atoms with Crippen molar-refractivity contribution in [2.45, 2.75) is 239 Å². The Morgan fingerprint density at radius 1 is 0.405 bits per heavy atom. The Hall–Kier alpha value is -0.790. The molecular formula is C40H79N2+. The molecule has 0 fully saturated rings. The first-order valence-corrected chi connectivity index (χ1v) is 19.9. The summed E-state index contributed by atoms with van der Waals surface area (Å²) in [4.78, 5) is 0. The zero-order valence-electron chi connectivity index (χ0n) is 29.6. The van der Waals surface area contributed by atoms with E-state index in [-0.39, 0.29) is 0 Å². The van der Waals surface area contributed by atoms with E-state index in [1.165, 1.54) is 219 Å². The molecule has 0 saturated carbocycles. The minimum Gasteiger partial charge on any atom is -0.234 e. The number of unbranched alkanes of at least 4 members (excludes halogenated alkanes) is 28. The smallest absolute Gasteiger partial charge is 0.234 e. The summed E-state index contributed by atoms with van der Waals surface area (Å²) in [5, 5.41) is 0. The zero-order chi connectivity index (χ0) is 30.2. The molecule has 2 nitrogen and oxygen atoms in total. The molecule has 0 saturated heterocycles. The van der Waals surface area contributed by atoms with Gasteiger partial charge in [0.25, 0.3) is 5.82 Å². The number of hydrogen-bond acceptors (Lipinski definition) is 0. The lowest BCUT2D eigenvalue weighted by Gasteiger charge is -2.06. The third-order valence-electron chi connectivity index (χ3n) is 9.56.